The highest BCUT2D eigenvalue weighted by molar-refractivity contribution is 5.92. The summed E-state index contributed by atoms with van der Waals surface area (Å²) in [6, 6.07) is 9.86. The zero-order valence-corrected chi connectivity index (χ0v) is 13.6. The monoisotopic (exact) mass is 343 g/mol. The van der Waals surface area contributed by atoms with E-state index in [9.17, 15) is 19.7 Å². The molecule has 2 aromatic rings. The Morgan fingerprint density at radius 1 is 1.20 bits per heavy atom. The summed E-state index contributed by atoms with van der Waals surface area (Å²) >= 11 is 0. The van der Waals surface area contributed by atoms with Crippen LogP contribution >= 0.6 is 0 Å². The molecule has 25 heavy (non-hydrogen) atoms. The van der Waals surface area contributed by atoms with E-state index in [0.717, 1.165) is 18.9 Å². The second-order valence-electron chi connectivity index (χ2n) is 5.21. The molecule has 0 aromatic heterocycles. The lowest BCUT2D eigenvalue weighted by Crippen LogP contribution is -2.10. The summed E-state index contributed by atoms with van der Waals surface area (Å²) in [5, 5.41) is 10.7. The number of hydrogen-bond donors (Lipinski definition) is 0. The second kappa shape index (κ2) is 8.58. The number of esters is 1. The summed E-state index contributed by atoms with van der Waals surface area (Å²) in [5.41, 5.74) is -0.0457. The Morgan fingerprint density at radius 3 is 2.52 bits per heavy atom. The minimum atomic E-state index is -0.669. The van der Waals surface area contributed by atoms with Gasteiger partial charge < -0.3 is 9.47 Å². The average Bonchev–Trinajstić information content (AvgIpc) is 2.62. The number of nitro groups is 1. The van der Waals surface area contributed by atoms with Crippen LogP contribution in [0.3, 0.4) is 0 Å². The maximum atomic E-state index is 12.2. The maximum Gasteiger partial charge on any atom is 0.343 e. The van der Waals surface area contributed by atoms with Crippen LogP contribution in [0.2, 0.25) is 0 Å². The van der Waals surface area contributed by atoms with Crippen molar-refractivity contribution >= 4 is 17.9 Å². The smallest absolute Gasteiger partial charge is 0.343 e. The van der Waals surface area contributed by atoms with Crippen LogP contribution in [0.25, 0.3) is 0 Å². The minimum Gasteiger partial charge on any atom is -0.494 e. The Morgan fingerprint density at radius 2 is 1.92 bits per heavy atom. The molecule has 0 unspecified atom stereocenters. The molecule has 7 heteroatoms. The standard InChI is InChI=1S/C18H17NO6/c1-2-3-10-24-16-7-4-13(5-8-16)18(21)25-17-9-6-15(19(22)23)11-14(17)12-20/h4-9,11-12H,2-3,10H2,1H3. The van der Waals surface area contributed by atoms with E-state index < -0.39 is 10.9 Å². The molecule has 7 nitrogen and oxygen atoms in total. The van der Waals surface area contributed by atoms with Crippen molar-refractivity contribution < 1.29 is 24.0 Å². The van der Waals surface area contributed by atoms with E-state index in [1.807, 2.05) is 0 Å². The molecule has 0 atom stereocenters. The van der Waals surface area contributed by atoms with Crippen molar-refractivity contribution in [3.05, 3.63) is 63.7 Å². The van der Waals surface area contributed by atoms with Gasteiger partial charge in [-0.05, 0) is 36.8 Å². The van der Waals surface area contributed by atoms with Gasteiger partial charge in [0.05, 0.1) is 22.7 Å². The van der Waals surface area contributed by atoms with Crippen LogP contribution < -0.4 is 9.47 Å². The van der Waals surface area contributed by atoms with Crippen molar-refractivity contribution in [3.63, 3.8) is 0 Å². The number of carbonyl (C=O) groups is 2. The molecule has 2 rings (SSSR count). The molecule has 2 aromatic carbocycles. The number of nitro benzene ring substituents is 1. The van der Waals surface area contributed by atoms with Crippen molar-refractivity contribution in [2.75, 3.05) is 6.61 Å². The van der Waals surface area contributed by atoms with E-state index in [-0.39, 0.29) is 22.6 Å². The van der Waals surface area contributed by atoms with Gasteiger partial charge in [0.2, 0.25) is 0 Å². The van der Waals surface area contributed by atoms with Gasteiger partial charge in [0, 0.05) is 12.1 Å². The SMILES string of the molecule is CCCCOc1ccc(C(=O)Oc2ccc([N+](=O)[O-])cc2C=O)cc1. The predicted molar refractivity (Wildman–Crippen MR) is 90.3 cm³/mol. The fourth-order valence-electron chi connectivity index (χ4n) is 2.01. The highest BCUT2D eigenvalue weighted by Gasteiger charge is 2.15. The third-order valence-corrected chi connectivity index (χ3v) is 3.39. The van der Waals surface area contributed by atoms with Gasteiger partial charge in [-0.3, -0.25) is 14.9 Å². The number of aldehydes is 1. The first kappa shape index (κ1) is 18.1. The molecule has 0 radical (unpaired) electrons. The van der Waals surface area contributed by atoms with Gasteiger partial charge in [-0.2, -0.15) is 0 Å². The Hall–Kier alpha value is -3.22. The zero-order chi connectivity index (χ0) is 18.2. The maximum absolute atomic E-state index is 12.2. The number of non-ortho nitro benzene ring substituents is 1. The molecule has 130 valence electrons. The molecule has 0 heterocycles. The highest BCUT2D eigenvalue weighted by Crippen LogP contribution is 2.24. The molecular formula is C18H17NO6. The largest absolute Gasteiger partial charge is 0.494 e. The van der Waals surface area contributed by atoms with E-state index in [1.165, 1.54) is 12.1 Å². The third kappa shape index (κ3) is 4.87. The number of ether oxygens (including phenoxy) is 2. The molecule has 0 N–H and O–H groups in total. The van der Waals surface area contributed by atoms with Crippen LogP contribution in [0.5, 0.6) is 11.5 Å². The first-order chi connectivity index (χ1) is 12.0. The summed E-state index contributed by atoms with van der Waals surface area (Å²) in [5.74, 6) is -0.0557. The molecule has 0 aliphatic heterocycles. The summed E-state index contributed by atoms with van der Waals surface area (Å²) in [7, 11) is 0. The van der Waals surface area contributed by atoms with Gasteiger partial charge in [-0.15, -0.1) is 0 Å². The minimum absolute atomic E-state index is 0.0335. The number of rotatable bonds is 8. The number of hydrogen-bond acceptors (Lipinski definition) is 6. The molecule has 0 aliphatic carbocycles. The summed E-state index contributed by atoms with van der Waals surface area (Å²) in [6.07, 6.45) is 2.37. The van der Waals surface area contributed by atoms with E-state index >= 15 is 0 Å². The molecule has 0 saturated carbocycles. The van der Waals surface area contributed by atoms with E-state index in [1.54, 1.807) is 24.3 Å². The summed E-state index contributed by atoms with van der Waals surface area (Å²) in [6.45, 7) is 2.67. The summed E-state index contributed by atoms with van der Waals surface area (Å²) < 4.78 is 10.7. The van der Waals surface area contributed by atoms with Crippen molar-refractivity contribution in [2.24, 2.45) is 0 Å². The number of benzene rings is 2. The van der Waals surface area contributed by atoms with Crippen LogP contribution in [-0.2, 0) is 0 Å². The highest BCUT2D eigenvalue weighted by atomic mass is 16.6. The van der Waals surface area contributed by atoms with Crippen LogP contribution in [0.1, 0.15) is 40.5 Å². The number of carbonyl (C=O) groups excluding carboxylic acids is 2. The van der Waals surface area contributed by atoms with Gasteiger partial charge in [0.25, 0.3) is 5.69 Å². The lowest BCUT2D eigenvalue weighted by Gasteiger charge is -2.08. The van der Waals surface area contributed by atoms with Crippen LogP contribution in [0.4, 0.5) is 5.69 Å². The van der Waals surface area contributed by atoms with Crippen molar-refractivity contribution in [1.82, 2.24) is 0 Å². The predicted octanol–water partition coefficient (Wildman–Crippen LogP) is 3.81. The third-order valence-electron chi connectivity index (χ3n) is 3.39. The van der Waals surface area contributed by atoms with Crippen LogP contribution in [0, 0.1) is 10.1 Å². The Kier molecular flexibility index (Phi) is 6.22. The van der Waals surface area contributed by atoms with Gasteiger partial charge >= 0.3 is 5.97 Å². The van der Waals surface area contributed by atoms with Crippen molar-refractivity contribution in [1.29, 1.82) is 0 Å². The Labute approximate surface area is 144 Å². The Balaban J connectivity index is 2.09. The summed E-state index contributed by atoms with van der Waals surface area (Å²) in [4.78, 5) is 33.3. The van der Waals surface area contributed by atoms with Crippen molar-refractivity contribution in [2.45, 2.75) is 19.8 Å². The molecule has 0 aliphatic rings. The Bertz CT molecular complexity index is 770. The van der Waals surface area contributed by atoms with E-state index in [4.69, 9.17) is 9.47 Å². The zero-order valence-electron chi connectivity index (χ0n) is 13.6. The quantitative estimate of drug-likeness (QED) is 0.181. The van der Waals surface area contributed by atoms with Crippen LogP contribution in [-0.4, -0.2) is 23.8 Å². The van der Waals surface area contributed by atoms with E-state index in [0.29, 0.717) is 18.6 Å². The lowest BCUT2D eigenvalue weighted by atomic mass is 10.2. The fraction of sp³-hybridized carbons (Fsp3) is 0.222. The van der Waals surface area contributed by atoms with Gasteiger partial charge in [0.15, 0.2) is 6.29 Å². The molecule has 0 amide bonds. The first-order valence-electron chi connectivity index (χ1n) is 7.73. The van der Waals surface area contributed by atoms with Crippen LogP contribution in [0.15, 0.2) is 42.5 Å². The topological polar surface area (TPSA) is 95.7 Å². The fourth-order valence-corrected chi connectivity index (χ4v) is 2.01. The molecular weight excluding hydrogens is 326 g/mol. The second-order valence-corrected chi connectivity index (χ2v) is 5.21. The molecule has 0 fully saturated rings. The molecule has 0 spiro atoms. The first-order valence-corrected chi connectivity index (χ1v) is 7.73. The van der Waals surface area contributed by atoms with Gasteiger partial charge in [0.1, 0.15) is 11.5 Å². The normalized spacial score (nSPS) is 10.1. The van der Waals surface area contributed by atoms with Gasteiger partial charge in [-0.1, -0.05) is 13.3 Å². The average molecular weight is 343 g/mol. The van der Waals surface area contributed by atoms with E-state index in [2.05, 4.69) is 6.92 Å². The number of nitrogens with zero attached hydrogens (tertiary/aromatic N) is 1. The molecule has 0 bridgehead atoms. The lowest BCUT2D eigenvalue weighted by molar-refractivity contribution is -0.384. The number of unbranched alkanes of at least 4 members (excludes halogenated alkanes) is 1. The van der Waals surface area contributed by atoms with Gasteiger partial charge in [-0.25, -0.2) is 4.79 Å². The molecule has 0 saturated heterocycles. The van der Waals surface area contributed by atoms with Crippen molar-refractivity contribution in [3.8, 4) is 11.5 Å².